The number of fused-ring (bicyclic) bond motifs is 1. The van der Waals surface area contributed by atoms with Gasteiger partial charge in [-0.15, -0.1) is 0 Å². The van der Waals surface area contributed by atoms with E-state index in [0.29, 0.717) is 6.04 Å². The molecule has 0 saturated carbocycles. The van der Waals surface area contributed by atoms with E-state index in [1.54, 1.807) is 5.57 Å². The molecule has 3 aromatic rings. The van der Waals surface area contributed by atoms with E-state index in [1.807, 2.05) is 0 Å². The second-order valence-corrected chi connectivity index (χ2v) is 10.4. The molecule has 1 aliphatic carbocycles. The molecule has 0 amide bonds. The first-order valence-corrected chi connectivity index (χ1v) is 13.5. The van der Waals surface area contributed by atoms with Crippen molar-refractivity contribution < 1.29 is 0 Å². The van der Waals surface area contributed by atoms with Gasteiger partial charge in [0, 0.05) is 51.5 Å². The molecule has 0 spiro atoms. The van der Waals surface area contributed by atoms with Gasteiger partial charge in [0.1, 0.15) is 0 Å². The highest BCUT2D eigenvalue weighted by Crippen LogP contribution is 2.32. The number of aryl methyl sites for hydroxylation is 1. The quantitative estimate of drug-likeness (QED) is 0.442. The Morgan fingerprint density at radius 2 is 1.31 bits per heavy atom. The number of hydrogen-bond acceptors (Lipinski definition) is 3. The van der Waals surface area contributed by atoms with Gasteiger partial charge in [0.2, 0.25) is 0 Å². The van der Waals surface area contributed by atoms with Gasteiger partial charge in [0.15, 0.2) is 0 Å². The van der Waals surface area contributed by atoms with Crippen LogP contribution in [-0.4, -0.2) is 55.6 Å². The van der Waals surface area contributed by atoms with Crippen molar-refractivity contribution >= 4 is 11.8 Å². The van der Waals surface area contributed by atoms with Crippen LogP contribution in [-0.2, 0) is 6.42 Å². The van der Waals surface area contributed by atoms with Gasteiger partial charge in [-0.05, 0) is 60.1 Å². The lowest BCUT2D eigenvalue weighted by Gasteiger charge is -2.40. The van der Waals surface area contributed by atoms with Crippen LogP contribution < -0.4 is 4.90 Å². The van der Waals surface area contributed by atoms with Crippen LogP contribution in [0.3, 0.4) is 0 Å². The molecule has 3 nitrogen and oxygen atoms in total. The summed E-state index contributed by atoms with van der Waals surface area (Å²) in [4.78, 5) is 7.89. The molecule has 2 heterocycles. The summed E-state index contributed by atoms with van der Waals surface area (Å²) in [5.74, 6) is 0. The first-order valence-electron chi connectivity index (χ1n) is 13.5. The zero-order valence-electron chi connectivity index (χ0n) is 20.8. The van der Waals surface area contributed by atoms with Crippen LogP contribution in [0.2, 0.25) is 0 Å². The van der Waals surface area contributed by atoms with E-state index in [2.05, 4.69) is 99.6 Å². The maximum absolute atomic E-state index is 2.67. The van der Waals surface area contributed by atoms with Crippen molar-refractivity contribution in [2.75, 3.05) is 50.7 Å². The molecule has 3 heteroatoms. The molecule has 0 N–H and O–H groups in total. The lowest BCUT2D eigenvalue weighted by Crippen LogP contribution is -2.48. The minimum atomic E-state index is 0.338. The van der Waals surface area contributed by atoms with Crippen molar-refractivity contribution in [2.45, 2.75) is 31.7 Å². The highest BCUT2D eigenvalue weighted by molar-refractivity contribution is 5.64. The normalized spacial score (nSPS) is 19.1. The van der Waals surface area contributed by atoms with Crippen LogP contribution in [0.25, 0.3) is 6.08 Å². The summed E-state index contributed by atoms with van der Waals surface area (Å²) in [6.07, 6.45) is 7.55. The van der Waals surface area contributed by atoms with Crippen molar-refractivity contribution in [3.05, 3.63) is 107 Å². The van der Waals surface area contributed by atoms with E-state index in [9.17, 15) is 0 Å². The van der Waals surface area contributed by atoms with Crippen molar-refractivity contribution in [1.82, 2.24) is 9.80 Å². The molecule has 0 unspecified atom stereocenters. The third-order valence-corrected chi connectivity index (χ3v) is 8.10. The fraction of sp³-hybridized carbons (Fsp3) is 0.375. The fourth-order valence-electron chi connectivity index (χ4n) is 6.19. The van der Waals surface area contributed by atoms with Crippen molar-refractivity contribution in [2.24, 2.45) is 0 Å². The SMILES string of the molecule is C1=C(CN2CCN(C(c3ccccc3)c3ccccc3)CC2)CCc2cc(N3CCCC3)ccc21. The van der Waals surface area contributed by atoms with Gasteiger partial charge in [0.05, 0.1) is 6.04 Å². The highest BCUT2D eigenvalue weighted by atomic mass is 15.3. The molecule has 3 aromatic carbocycles. The second kappa shape index (κ2) is 10.4. The molecule has 2 fully saturated rings. The first-order chi connectivity index (χ1) is 17.3. The number of hydrogen-bond donors (Lipinski definition) is 0. The Bertz CT molecular complexity index is 1100. The summed E-state index contributed by atoms with van der Waals surface area (Å²) in [5.41, 5.74) is 8.81. The average molecular weight is 464 g/mol. The molecule has 2 saturated heterocycles. The Kier molecular flexibility index (Phi) is 6.70. The van der Waals surface area contributed by atoms with E-state index in [1.165, 1.54) is 66.7 Å². The van der Waals surface area contributed by atoms with E-state index in [4.69, 9.17) is 0 Å². The van der Waals surface area contributed by atoms with E-state index >= 15 is 0 Å². The minimum absolute atomic E-state index is 0.338. The van der Waals surface area contributed by atoms with E-state index in [-0.39, 0.29) is 0 Å². The Balaban J connectivity index is 1.11. The van der Waals surface area contributed by atoms with Crippen LogP contribution in [0.1, 0.15) is 47.6 Å². The molecular weight excluding hydrogens is 426 g/mol. The highest BCUT2D eigenvalue weighted by Gasteiger charge is 2.27. The van der Waals surface area contributed by atoms with Gasteiger partial charge in [-0.25, -0.2) is 0 Å². The number of benzene rings is 3. The number of anilines is 1. The van der Waals surface area contributed by atoms with E-state index in [0.717, 1.165) is 32.7 Å². The van der Waals surface area contributed by atoms with Crippen LogP contribution in [0.15, 0.2) is 84.4 Å². The van der Waals surface area contributed by atoms with Crippen molar-refractivity contribution in [3.63, 3.8) is 0 Å². The third-order valence-electron chi connectivity index (χ3n) is 8.10. The molecule has 0 aromatic heterocycles. The largest absolute Gasteiger partial charge is 0.372 e. The van der Waals surface area contributed by atoms with Gasteiger partial charge < -0.3 is 4.90 Å². The number of piperazine rings is 1. The van der Waals surface area contributed by atoms with Crippen molar-refractivity contribution in [1.29, 1.82) is 0 Å². The molecule has 0 radical (unpaired) electrons. The molecule has 0 bridgehead atoms. The molecule has 0 atom stereocenters. The Morgan fingerprint density at radius 1 is 0.657 bits per heavy atom. The Morgan fingerprint density at radius 3 is 1.97 bits per heavy atom. The zero-order chi connectivity index (χ0) is 23.5. The summed E-state index contributed by atoms with van der Waals surface area (Å²) in [6, 6.07) is 29.5. The zero-order valence-corrected chi connectivity index (χ0v) is 20.8. The summed E-state index contributed by atoms with van der Waals surface area (Å²) >= 11 is 0. The molecule has 180 valence electrons. The summed E-state index contributed by atoms with van der Waals surface area (Å²) in [7, 11) is 0. The molecular formula is C32H37N3. The second-order valence-electron chi connectivity index (χ2n) is 10.4. The smallest absolute Gasteiger partial charge is 0.0602 e. The third kappa shape index (κ3) is 5.07. The molecule has 35 heavy (non-hydrogen) atoms. The predicted molar refractivity (Wildman–Crippen MR) is 147 cm³/mol. The first kappa shape index (κ1) is 22.6. The molecule has 2 aliphatic heterocycles. The van der Waals surface area contributed by atoms with Gasteiger partial charge in [-0.2, -0.15) is 0 Å². The minimum Gasteiger partial charge on any atom is -0.372 e. The van der Waals surface area contributed by atoms with Crippen LogP contribution >= 0.6 is 0 Å². The monoisotopic (exact) mass is 463 g/mol. The Labute approximate surface area is 210 Å². The maximum atomic E-state index is 2.67. The van der Waals surface area contributed by atoms with Gasteiger partial charge in [-0.3, -0.25) is 9.80 Å². The van der Waals surface area contributed by atoms with Crippen LogP contribution in [0.4, 0.5) is 5.69 Å². The van der Waals surface area contributed by atoms with Gasteiger partial charge in [0.25, 0.3) is 0 Å². The van der Waals surface area contributed by atoms with Crippen LogP contribution in [0.5, 0.6) is 0 Å². The summed E-state index contributed by atoms with van der Waals surface area (Å²) in [6.45, 7) is 8.04. The molecule has 6 rings (SSSR count). The lowest BCUT2D eigenvalue weighted by atomic mass is 9.91. The standard InChI is InChI=1S/C32H37N3/c1-3-9-27(10-4-1)32(28-11-5-2-6-12-28)35-21-19-33(20-22-35)25-26-13-14-30-24-31(16-15-29(30)23-26)34-17-7-8-18-34/h1-6,9-12,15-16,23-24,32H,7-8,13-14,17-22,25H2. The van der Waals surface area contributed by atoms with Crippen molar-refractivity contribution in [3.8, 4) is 0 Å². The van der Waals surface area contributed by atoms with Crippen LogP contribution in [0, 0.1) is 0 Å². The number of nitrogens with zero attached hydrogens (tertiary/aromatic N) is 3. The predicted octanol–water partition coefficient (Wildman–Crippen LogP) is 6.02. The van der Waals surface area contributed by atoms with Gasteiger partial charge in [-0.1, -0.05) is 78.4 Å². The Hall–Kier alpha value is -2.88. The maximum Gasteiger partial charge on any atom is 0.0602 e. The van der Waals surface area contributed by atoms with Gasteiger partial charge >= 0.3 is 0 Å². The topological polar surface area (TPSA) is 9.72 Å². The summed E-state index contributed by atoms with van der Waals surface area (Å²) in [5, 5.41) is 0. The van der Waals surface area contributed by atoms with E-state index < -0.39 is 0 Å². The lowest BCUT2D eigenvalue weighted by molar-refractivity contribution is 0.115. The summed E-state index contributed by atoms with van der Waals surface area (Å²) < 4.78 is 0. The fourth-order valence-corrected chi connectivity index (χ4v) is 6.19. The average Bonchev–Trinajstić information content (AvgIpc) is 3.46. The molecule has 3 aliphatic rings. The number of rotatable bonds is 6.